The van der Waals surface area contributed by atoms with Crippen LogP contribution < -0.4 is 10.2 Å². The number of nitrogens with zero attached hydrogens (tertiary/aromatic N) is 3. The van der Waals surface area contributed by atoms with Crippen molar-refractivity contribution in [2.24, 2.45) is 0 Å². The molecule has 2 N–H and O–H groups in total. The van der Waals surface area contributed by atoms with Gasteiger partial charge in [0.05, 0.1) is 10.0 Å². The van der Waals surface area contributed by atoms with Crippen LogP contribution in [0.5, 0.6) is 0 Å². The van der Waals surface area contributed by atoms with Crippen molar-refractivity contribution in [2.45, 2.75) is 32.4 Å². The quantitative estimate of drug-likeness (QED) is 0.526. The highest BCUT2D eigenvalue weighted by atomic mass is 35.5. The largest absolute Gasteiger partial charge is 0.490 e. The fourth-order valence-corrected chi connectivity index (χ4v) is 4.54. The van der Waals surface area contributed by atoms with Crippen LogP contribution in [0.1, 0.15) is 40.7 Å². The lowest BCUT2D eigenvalue weighted by Gasteiger charge is -2.32. The zero-order valence-electron chi connectivity index (χ0n) is 19.5. The normalized spacial score (nSPS) is 14.5. The minimum Gasteiger partial charge on any atom is -0.475 e. The Balaban J connectivity index is 0.000000540. The monoisotopic (exact) mass is 554 g/mol. The Hall–Kier alpha value is -2.08. The topological polar surface area (TPSA) is 85.8 Å². The summed E-state index contributed by atoms with van der Waals surface area (Å²) in [4.78, 5) is 32.0. The predicted octanol–water partition coefficient (Wildman–Crippen LogP) is 4.93. The van der Waals surface area contributed by atoms with Gasteiger partial charge >= 0.3 is 12.1 Å². The number of carboxylic acid groups (broad SMARTS) is 1. The van der Waals surface area contributed by atoms with Gasteiger partial charge in [-0.3, -0.25) is 4.79 Å². The average Bonchev–Trinajstić information content (AvgIpc) is 3.22. The van der Waals surface area contributed by atoms with Gasteiger partial charge in [-0.15, -0.1) is 11.3 Å². The number of nitrogens with one attached hydrogen (secondary N) is 1. The van der Waals surface area contributed by atoms with Crippen molar-refractivity contribution in [1.29, 1.82) is 0 Å². The zero-order chi connectivity index (χ0) is 26.3. The number of benzene rings is 1. The molecule has 1 aromatic carbocycles. The molecule has 0 atom stereocenters. The molecule has 1 saturated heterocycles. The Morgan fingerprint density at radius 2 is 1.77 bits per heavy atom. The lowest BCUT2D eigenvalue weighted by Crippen LogP contribution is -2.44. The van der Waals surface area contributed by atoms with Gasteiger partial charge in [0.2, 0.25) is 0 Å². The van der Waals surface area contributed by atoms with Gasteiger partial charge in [0.25, 0.3) is 5.91 Å². The van der Waals surface area contributed by atoms with Crippen LogP contribution in [0.15, 0.2) is 18.2 Å². The number of hydrogen-bond acceptors (Lipinski definition) is 6. The number of anilines is 1. The summed E-state index contributed by atoms with van der Waals surface area (Å²) >= 11 is 13.6. The second-order valence-electron chi connectivity index (χ2n) is 8.21. The molecule has 3 rings (SSSR count). The van der Waals surface area contributed by atoms with E-state index in [1.54, 1.807) is 17.4 Å². The van der Waals surface area contributed by atoms with E-state index in [1.165, 1.54) is 0 Å². The Morgan fingerprint density at radius 1 is 1.17 bits per heavy atom. The maximum atomic E-state index is 12.8. The van der Waals surface area contributed by atoms with Crippen LogP contribution in [0.3, 0.4) is 0 Å². The van der Waals surface area contributed by atoms with Gasteiger partial charge in [-0.1, -0.05) is 43.1 Å². The lowest BCUT2D eigenvalue weighted by atomic mass is 10.1. The third-order valence-corrected chi connectivity index (χ3v) is 7.24. The summed E-state index contributed by atoms with van der Waals surface area (Å²) < 4.78 is 31.7. The molecule has 0 unspecified atom stereocenters. The number of amides is 1. The Kier molecular flexibility index (Phi) is 10.6. The molecule has 1 fully saturated rings. The molecular formula is C22H27Cl2F3N4O3S. The highest BCUT2D eigenvalue weighted by molar-refractivity contribution is 7.16. The number of piperazine rings is 1. The molecule has 0 radical (unpaired) electrons. The molecule has 0 spiro atoms. The van der Waals surface area contributed by atoms with E-state index in [1.807, 2.05) is 12.1 Å². The smallest absolute Gasteiger partial charge is 0.475 e. The molecule has 13 heteroatoms. The maximum absolute atomic E-state index is 12.8. The second kappa shape index (κ2) is 12.8. The number of carboxylic acids is 1. The van der Waals surface area contributed by atoms with E-state index in [0.29, 0.717) is 28.7 Å². The minimum atomic E-state index is -5.08. The van der Waals surface area contributed by atoms with E-state index in [0.717, 1.165) is 41.8 Å². The molecular weight excluding hydrogens is 528 g/mol. The van der Waals surface area contributed by atoms with Crippen molar-refractivity contribution < 1.29 is 27.9 Å². The lowest BCUT2D eigenvalue weighted by molar-refractivity contribution is -0.192. The summed E-state index contributed by atoms with van der Waals surface area (Å²) in [6.07, 6.45) is -4.39. The van der Waals surface area contributed by atoms with E-state index in [9.17, 15) is 18.0 Å². The molecule has 1 amide bonds. The molecule has 2 aromatic rings. The third-order valence-electron chi connectivity index (χ3n) is 5.08. The first kappa shape index (κ1) is 29.2. The molecule has 1 aliphatic rings. The van der Waals surface area contributed by atoms with E-state index in [-0.39, 0.29) is 11.8 Å². The number of likely N-dealkylation sites (N-methyl/N-ethyl adjacent to an activating group) is 1. The standard InChI is InChI=1S/C20H26Cl2N4OS.C2HF3O2/c1-13(2)18-17(24-20(28-18)26-10-8-25(3)9-11-26)19(27)23-7-6-14-4-5-15(21)16(22)12-14;3-2(4,5)1(6)7/h4-5,12-13H,6-11H2,1-3H3,(H,23,27);(H,6,7). The van der Waals surface area contributed by atoms with Crippen LogP contribution in [0, 0.1) is 0 Å². The van der Waals surface area contributed by atoms with Crippen molar-refractivity contribution >= 4 is 51.5 Å². The minimum absolute atomic E-state index is 0.111. The van der Waals surface area contributed by atoms with E-state index < -0.39 is 12.1 Å². The van der Waals surface area contributed by atoms with Crippen LogP contribution in [-0.2, 0) is 11.2 Å². The molecule has 0 saturated carbocycles. The summed E-state index contributed by atoms with van der Waals surface area (Å²) in [7, 11) is 2.13. The first-order valence-corrected chi connectivity index (χ1v) is 12.3. The number of halogens is 5. The number of hydrogen-bond donors (Lipinski definition) is 2. The number of carbonyl (C=O) groups excluding carboxylic acids is 1. The fraction of sp³-hybridized carbons (Fsp3) is 0.500. The van der Waals surface area contributed by atoms with Crippen LogP contribution in [0.2, 0.25) is 10.0 Å². The maximum Gasteiger partial charge on any atom is 0.490 e. The predicted molar refractivity (Wildman–Crippen MR) is 132 cm³/mol. The SMILES string of the molecule is CC(C)c1sc(N2CCN(C)CC2)nc1C(=O)NCCc1ccc(Cl)c(Cl)c1.O=C(O)C(F)(F)F. The summed E-state index contributed by atoms with van der Waals surface area (Å²) in [6, 6.07) is 5.54. The number of rotatable bonds is 6. The molecule has 1 aliphatic heterocycles. The number of carbonyl (C=O) groups is 2. The highest BCUT2D eigenvalue weighted by Gasteiger charge is 2.38. The van der Waals surface area contributed by atoms with Crippen LogP contribution in [0.4, 0.5) is 18.3 Å². The summed E-state index contributed by atoms with van der Waals surface area (Å²) in [6.45, 7) is 8.65. The van der Waals surface area contributed by atoms with Crippen molar-refractivity contribution in [3.8, 4) is 0 Å². The van der Waals surface area contributed by atoms with Crippen LogP contribution in [0.25, 0.3) is 0 Å². The molecule has 7 nitrogen and oxygen atoms in total. The molecule has 194 valence electrons. The van der Waals surface area contributed by atoms with E-state index in [4.69, 9.17) is 38.1 Å². The van der Waals surface area contributed by atoms with E-state index >= 15 is 0 Å². The van der Waals surface area contributed by atoms with Gasteiger partial charge in [0, 0.05) is 37.6 Å². The summed E-state index contributed by atoms with van der Waals surface area (Å²) in [5.74, 6) is -2.61. The molecule has 0 bridgehead atoms. The highest BCUT2D eigenvalue weighted by Crippen LogP contribution is 2.32. The Bertz CT molecular complexity index is 1030. The van der Waals surface area contributed by atoms with Crippen molar-refractivity contribution in [3.63, 3.8) is 0 Å². The molecule has 0 aliphatic carbocycles. The zero-order valence-corrected chi connectivity index (χ0v) is 21.8. The Labute approximate surface area is 215 Å². The first-order chi connectivity index (χ1) is 16.3. The number of thiazole rings is 1. The first-order valence-electron chi connectivity index (χ1n) is 10.8. The van der Waals surface area contributed by atoms with Gasteiger partial charge in [0.15, 0.2) is 5.13 Å². The molecule has 2 heterocycles. The van der Waals surface area contributed by atoms with Gasteiger partial charge in [-0.25, -0.2) is 9.78 Å². The molecule has 35 heavy (non-hydrogen) atoms. The number of alkyl halides is 3. The summed E-state index contributed by atoms with van der Waals surface area (Å²) in [5.41, 5.74) is 1.60. The van der Waals surface area contributed by atoms with Crippen molar-refractivity contribution in [3.05, 3.63) is 44.4 Å². The van der Waals surface area contributed by atoms with Crippen LogP contribution >= 0.6 is 34.5 Å². The third kappa shape index (κ3) is 8.82. The average molecular weight is 555 g/mol. The fourth-order valence-electron chi connectivity index (χ4n) is 3.11. The number of aliphatic carboxylic acids is 1. The van der Waals surface area contributed by atoms with Crippen molar-refractivity contribution in [2.75, 3.05) is 44.7 Å². The van der Waals surface area contributed by atoms with Gasteiger partial charge < -0.3 is 20.2 Å². The Morgan fingerprint density at radius 3 is 2.29 bits per heavy atom. The second-order valence-corrected chi connectivity index (χ2v) is 10.0. The van der Waals surface area contributed by atoms with Gasteiger partial charge in [-0.2, -0.15) is 13.2 Å². The van der Waals surface area contributed by atoms with Crippen molar-refractivity contribution in [1.82, 2.24) is 15.2 Å². The summed E-state index contributed by atoms with van der Waals surface area (Å²) in [5, 5.41) is 12.1. The van der Waals surface area contributed by atoms with Gasteiger partial charge in [0.1, 0.15) is 5.69 Å². The molecule has 1 aromatic heterocycles. The number of aromatic nitrogens is 1. The van der Waals surface area contributed by atoms with Gasteiger partial charge in [-0.05, 0) is 37.1 Å². The van der Waals surface area contributed by atoms with Crippen LogP contribution in [-0.4, -0.2) is 72.8 Å². The van der Waals surface area contributed by atoms with E-state index in [2.05, 4.69) is 36.0 Å².